The summed E-state index contributed by atoms with van der Waals surface area (Å²) < 4.78 is 0. The van der Waals surface area contributed by atoms with Gasteiger partial charge in [-0.05, 0) is 46.7 Å². The summed E-state index contributed by atoms with van der Waals surface area (Å²) in [6.45, 7) is 9.47. The van der Waals surface area contributed by atoms with Crippen LogP contribution in [0.4, 0.5) is 0 Å². The van der Waals surface area contributed by atoms with E-state index in [1.54, 1.807) is 0 Å². The van der Waals surface area contributed by atoms with Gasteiger partial charge in [-0.25, -0.2) is 0 Å². The molecular formula is C10H22N2O. The molecule has 0 aromatic carbocycles. The Morgan fingerprint density at radius 1 is 1.38 bits per heavy atom. The first-order chi connectivity index (χ1) is 6.25. The summed E-state index contributed by atoms with van der Waals surface area (Å²) in [6.07, 6.45) is 2.41. The normalized spacial score (nSPS) is 20.1. The summed E-state index contributed by atoms with van der Waals surface area (Å²) in [5.41, 5.74) is 0. The quantitative estimate of drug-likeness (QED) is 0.672. The van der Waals surface area contributed by atoms with Crippen LogP contribution in [-0.4, -0.2) is 36.8 Å². The molecule has 0 saturated carbocycles. The minimum Gasteiger partial charge on any atom is -0.317 e. The van der Waals surface area contributed by atoms with Crippen LogP contribution in [0.1, 0.15) is 33.6 Å². The van der Waals surface area contributed by atoms with E-state index in [1.165, 1.54) is 12.8 Å². The van der Waals surface area contributed by atoms with Crippen molar-refractivity contribution >= 4 is 0 Å². The lowest BCUT2D eigenvalue weighted by atomic mass is 10.1. The number of nitrogens with one attached hydrogen (secondary N) is 1. The van der Waals surface area contributed by atoms with E-state index in [9.17, 15) is 0 Å². The highest BCUT2D eigenvalue weighted by molar-refractivity contribution is 4.75. The van der Waals surface area contributed by atoms with Crippen molar-refractivity contribution in [2.24, 2.45) is 0 Å². The van der Waals surface area contributed by atoms with Gasteiger partial charge in [0.05, 0.1) is 6.61 Å². The molecule has 3 nitrogen and oxygen atoms in total. The van der Waals surface area contributed by atoms with Crippen LogP contribution in [0.2, 0.25) is 0 Å². The van der Waals surface area contributed by atoms with E-state index >= 15 is 0 Å². The Kier molecular flexibility index (Phi) is 4.70. The molecule has 0 aliphatic carbocycles. The second kappa shape index (κ2) is 5.58. The summed E-state index contributed by atoms with van der Waals surface area (Å²) in [5, 5.41) is 5.54. The highest BCUT2D eigenvalue weighted by Crippen LogP contribution is 2.15. The van der Waals surface area contributed by atoms with Gasteiger partial charge in [0.15, 0.2) is 0 Å². The number of hydroxylamine groups is 2. The number of piperidine rings is 1. The van der Waals surface area contributed by atoms with Gasteiger partial charge in [0.2, 0.25) is 0 Å². The predicted octanol–water partition coefficient (Wildman–Crippen LogP) is 1.40. The average molecular weight is 186 g/mol. The molecule has 78 valence electrons. The van der Waals surface area contributed by atoms with Crippen molar-refractivity contribution in [2.45, 2.75) is 45.7 Å². The van der Waals surface area contributed by atoms with Crippen LogP contribution in [0.5, 0.6) is 0 Å². The molecule has 1 saturated heterocycles. The molecular weight excluding hydrogens is 164 g/mol. The summed E-state index contributed by atoms with van der Waals surface area (Å²) in [6, 6.07) is 1.10. The molecule has 1 aliphatic heterocycles. The number of nitrogens with zero attached hydrogens (tertiary/aromatic N) is 1. The van der Waals surface area contributed by atoms with Crippen LogP contribution < -0.4 is 5.32 Å². The van der Waals surface area contributed by atoms with E-state index in [2.05, 4.69) is 31.2 Å². The maximum Gasteiger partial charge on any atom is 0.0657 e. The molecule has 13 heavy (non-hydrogen) atoms. The van der Waals surface area contributed by atoms with Gasteiger partial charge in [0, 0.05) is 12.1 Å². The Morgan fingerprint density at radius 2 is 2.00 bits per heavy atom. The molecule has 0 aromatic rings. The summed E-state index contributed by atoms with van der Waals surface area (Å²) in [5.74, 6) is 0. The van der Waals surface area contributed by atoms with Crippen LogP contribution in [-0.2, 0) is 4.84 Å². The van der Waals surface area contributed by atoms with Crippen LogP contribution in [0.3, 0.4) is 0 Å². The highest BCUT2D eigenvalue weighted by Gasteiger charge is 2.23. The summed E-state index contributed by atoms with van der Waals surface area (Å²) >= 11 is 0. The zero-order valence-electron chi connectivity index (χ0n) is 9.05. The Labute approximate surface area is 81.4 Å². The largest absolute Gasteiger partial charge is 0.317 e. The molecule has 1 aliphatic rings. The van der Waals surface area contributed by atoms with E-state index in [0.717, 1.165) is 19.7 Å². The average Bonchev–Trinajstić information content (AvgIpc) is 2.15. The van der Waals surface area contributed by atoms with Gasteiger partial charge < -0.3 is 5.32 Å². The molecule has 0 radical (unpaired) electrons. The van der Waals surface area contributed by atoms with Gasteiger partial charge in [-0.2, -0.15) is 5.06 Å². The Morgan fingerprint density at radius 3 is 2.46 bits per heavy atom. The van der Waals surface area contributed by atoms with Crippen molar-refractivity contribution in [3.8, 4) is 0 Å². The van der Waals surface area contributed by atoms with E-state index < -0.39 is 0 Å². The maximum atomic E-state index is 5.65. The third-order valence-electron chi connectivity index (χ3n) is 2.46. The van der Waals surface area contributed by atoms with Crippen molar-refractivity contribution in [1.29, 1.82) is 0 Å². The van der Waals surface area contributed by atoms with E-state index in [4.69, 9.17) is 4.84 Å². The lowest BCUT2D eigenvalue weighted by Crippen LogP contribution is -2.46. The van der Waals surface area contributed by atoms with Gasteiger partial charge in [-0.15, -0.1) is 0 Å². The minimum atomic E-state index is 0.489. The first-order valence-electron chi connectivity index (χ1n) is 5.37. The van der Waals surface area contributed by atoms with E-state index in [-0.39, 0.29) is 0 Å². The highest BCUT2D eigenvalue weighted by atomic mass is 16.7. The molecule has 0 aromatic heterocycles. The number of hydrogen-bond acceptors (Lipinski definition) is 3. The van der Waals surface area contributed by atoms with E-state index in [0.29, 0.717) is 12.1 Å². The summed E-state index contributed by atoms with van der Waals surface area (Å²) in [7, 11) is 0. The third kappa shape index (κ3) is 3.25. The number of rotatable bonds is 4. The fourth-order valence-electron chi connectivity index (χ4n) is 1.89. The molecule has 3 heteroatoms. The van der Waals surface area contributed by atoms with Crippen LogP contribution in [0, 0.1) is 0 Å². The second-order valence-corrected chi connectivity index (χ2v) is 3.85. The van der Waals surface area contributed by atoms with Crippen LogP contribution in [0.25, 0.3) is 0 Å². The molecule has 0 bridgehead atoms. The van der Waals surface area contributed by atoms with Crippen molar-refractivity contribution < 1.29 is 4.84 Å². The molecule has 0 atom stereocenters. The first-order valence-corrected chi connectivity index (χ1v) is 5.37. The zero-order valence-corrected chi connectivity index (χ0v) is 9.05. The SMILES string of the molecule is CCON(C(C)C)C1CCNCC1. The van der Waals surface area contributed by atoms with Gasteiger partial charge in [-0.3, -0.25) is 4.84 Å². The predicted molar refractivity (Wildman–Crippen MR) is 54.5 cm³/mol. The lowest BCUT2D eigenvalue weighted by Gasteiger charge is -2.35. The standard InChI is InChI=1S/C10H22N2O/c1-4-13-12(9(2)3)10-5-7-11-8-6-10/h9-11H,4-8H2,1-3H3. The molecule has 1 fully saturated rings. The monoisotopic (exact) mass is 186 g/mol. The smallest absolute Gasteiger partial charge is 0.0657 e. The second-order valence-electron chi connectivity index (χ2n) is 3.85. The van der Waals surface area contributed by atoms with Gasteiger partial charge >= 0.3 is 0 Å². The van der Waals surface area contributed by atoms with Crippen molar-refractivity contribution in [3.63, 3.8) is 0 Å². The Bertz CT molecular complexity index is 133. The maximum absolute atomic E-state index is 5.65. The van der Waals surface area contributed by atoms with Gasteiger partial charge in [0.1, 0.15) is 0 Å². The third-order valence-corrected chi connectivity index (χ3v) is 2.46. The van der Waals surface area contributed by atoms with Crippen LogP contribution >= 0.6 is 0 Å². The first kappa shape index (κ1) is 11.0. The van der Waals surface area contributed by atoms with E-state index in [1.807, 2.05) is 0 Å². The lowest BCUT2D eigenvalue weighted by molar-refractivity contribution is -0.206. The topological polar surface area (TPSA) is 24.5 Å². The molecule has 1 rings (SSSR count). The zero-order chi connectivity index (χ0) is 9.68. The number of hydrogen-bond donors (Lipinski definition) is 1. The summed E-state index contributed by atoms with van der Waals surface area (Å²) in [4.78, 5) is 5.65. The van der Waals surface area contributed by atoms with Crippen molar-refractivity contribution in [2.75, 3.05) is 19.7 Å². The Hall–Kier alpha value is -0.120. The van der Waals surface area contributed by atoms with Crippen LogP contribution in [0.15, 0.2) is 0 Å². The molecule has 0 amide bonds. The fraction of sp³-hybridized carbons (Fsp3) is 1.00. The molecule has 0 unspecified atom stereocenters. The minimum absolute atomic E-state index is 0.489. The fourth-order valence-corrected chi connectivity index (χ4v) is 1.89. The molecule has 0 spiro atoms. The van der Waals surface area contributed by atoms with Gasteiger partial charge in [-0.1, -0.05) is 0 Å². The van der Waals surface area contributed by atoms with Gasteiger partial charge in [0.25, 0.3) is 0 Å². The van der Waals surface area contributed by atoms with Crippen molar-refractivity contribution in [3.05, 3.63) is 0 Å². The molecule has 1 N–H and O–H groups in total. The Balaban J connectivity index is 2.41. The van der Waals surface area contributed by atoms with Crippen molar-refractivity contribution in [1.82, 2.24) is 10.4 Å². The molecule has 1 heterocycles.